The lowest BCUT2D eigenvalue weighted by Gasteiger charge is -2.26. The molecule has 29 heavy (non-hydrogen) atoms. The third kappa shape index (κ3) is 5.13. The van der Waals surface area contributed by atoms with Gasteiger partial charge in [-0.05, 0) is 62.3 Å². The molecule has 0 radical (unpaired) electrons. The van der Waals surface area contributed by atoms with E-state index in [0.717, 1.165) is 31.2 Å². The van der Waals surface area contributed by atoms with Gasteiger partial charge in [0.1, 0.15) is 5.82 Å². The Morgan fingerprint density at radius 1 is 1.00 bits per heavy atom. The van der Waals surface area contributed by atoms with Crippen molar-refractivity contribution >= 4 is 0 Å². The van der Waals surface area contributed by atoms with E-state index in [1.54, 1.807) is 12.1 Å². The van der Waals surface area contributed by atoms with E-state index in [-0.39, 0.29) is 29.7 Å². The van der Waals surface area contributed by atoms with Crippen molar-refractivity contribution in [3.63, 3.8) is 0 Å². The van der Waals surface area contributed by atoms with Crippen molar-refractivity contribution in [1.82, 2.24) is 0 Å². The monoisotopic (exact) mass is 402 g/mol. The third-order valence-corrected chi connectivity index (χ3v) is 5.42. The molecule has 1 fully saturated rings. The number of ether oxygens (including phenoxy) is 2. The Kier molecular flexibility index (Phi) is 7.22. The smallest absolute Gasteiger partial charge is 0.201 e. The van der Waals surface area contributed by atoms with Gasteiger partial charge < -0.3 is 9.47 Å². The van der Waals surface area contributed by atoms with Gasteiger partial charge in [-0.15, -0.1) is 0 Å². The molecule has 0 spiro atoms. The summed E-state index contributed by atoms with van der Waals surface area (Å²) in [5.74, 6) is 3.90. The molecule has 3 rings (SSSR count). The Labute approximate surface area is 170 Å². The van der Waals surface area contributed by atoms with Crippen molar-refractivity contribution in [2.24, 2.45) is 5.92 Å². The molecule has 0 saturated heterocycles. The van der Waals surface area contributed by atoms with Gasteiger partial charge in [-0.3, -0.25) is 0 Å². The van der Waals surface area contributed by atoms with Crippen LogP contribution in [0, 0.1) is 35.2 Å². The van der Waals surface area contributed by atoms with Gasteiger partial charge in [-0.1, -0.05) is 24.0 Å². The molecule has 2 aromatic rings. The van der Waals surface area contributed by atoms with Crippen LogP contribution in [0.1, 0.15) is 55.2 Å². The number of methoxy groups -OCH3 is 1. The molecule has 1 aliphatic carbocycles. The second-order valence-electron chi connectivity index (χ2n) is 7.25. The normalized spacial score (nSPS) is 18.8. The Morgan fingerprint density at radius 3 is 2.41 bits per heavy atom. The minimum Gasteiger partial charge on any atom is -0.494 e. The van der Waals surface area contributed by atoms with Crippen LogP contribution in [0.2, 0.25) is 0 Å². The second kappa shape index (κ2) is 9.84. The predicted molar refractivity (Wildman–Crippen MR) is 106 cm³/mol. The fraction of sp³-hybridized carbons (Fsp3) is 0.417. The summed E-state index contributed by atoms with van der Waals surface area (Å²) in [7, 11) is 1.29. The second-order valence-corrected chi connectivity index (χ2v) is 7.25. The van der Waals surface area contributed by atoms with Crippen molar-refractivity contribution < 1.29 is 22.6 Å². The molecule has 154 valence electrons. The van der Waals surface area contributed by atoms with Crippen LogP contribution < -0.4 is 4.74 Å². The van der Waals surface area contributed by atoms with Gasteiger partial charge in [-0.25, -0.2) is 8.78 Å². The molecule has 0 aromatic heterocycles. The Bertz CT molecular complexity index is 906. The first-order valence-corrected chi connectivity index (χ1v) is 9.93. The molecule has 0 aliphatic heterocycles. The molecular weight excluding hydrogens is 377 g/mol. The van der Waals surface area contributed by atoms with Crippen LogP contribution in [0.3, 0.4) is 0 Å². The van der Waals surface area contributed by atoms with Gasteiger partial charge in [0.15, 0.2) is 11.6 Å². The first-order valence-electron chi connectivity index (χ1n) is 9.93. The van der Waals surface area contributed by atoms with Crippen LogP contribution in [0.25, 0.3) is 0 Å². The van der Waals surface area contributed by atoms with Gasteiger partial charge in [-0.2, -0.15) is 4.39 Å². The van der Waals surface area contributed by atoms with E-state index in [1.165, 1.54) is 19.2 Å². The summed E-state index contributed by atoms with van der Waals surface area (Å²) < 4.78 is 52.1. The number of hydrogen-bond acceptors (Lipinski definition) is 2. The SMILES string of the molecule is CCOCc1ccc(C2CCC(C#Cc3ccc(OC)c(F)c3F)CC2)cc1F. The van der Waals surface area contributed by atoms with Crippen LogP contribution in [0.5, 0.6) is 5.75 Å². The summed E-state index contributed by atoms with van der Waals surface area (Å²) in [5.41, 5.74) is 1.61. The van der Waals surface area contributed by atoms with E-state index in [4.69, 9.17) is 9.47 Å². The van der Waals surface area contributed by atoms with Crippen LogP contribution in [-0.4, -0.2) is 13.7 Å². The Morgan fingerprint density at radius 2 is 1.76 bits per heavy atom. The molecule has 2 nitrogen and oxygen atoms in total. The highest BCUT2D eigenvalue weighted by atomic mass is 19.2. The van der Waals surface area contributed by atoms with Gasteiger partial charge in [0.25, 0.3) is 0 Å². The number of hydrogen-bond donors (Lipinski definition) is 0. The molecule has 0 N–H and O–H groups in total. The van der Waals surface area contributed by atoms with Gasteiger partial charge in [0.05, 0.1) is 19.3 Å². The Hall–Kier alpha value is -2.45. The molecule has 1 aliphatic rings. The first-order chi connectivity index (χ1) is 14.0. The zero-order valence-corrected chi connectivity index (χ0v) is 16.7. The van der Waals surface area contributed by atoms with Gasteiger partial charge in [0.2, 0.25) is 5.82 Å². The van der Waals surface area contributed by atoms with E-state index < -0.39 is 11.6 Å². The summed E-state index contributed by atoms with van der Waals surface area (Å²) >= 11 is 0. The minimum atomic E-state index is -1.02. The van der Waals surface area contributed by atoms with Crippen molar-refractivity contribution in [3.05, 3.63) is 64.5 Å². The molecule has 0 unspecified atom stereocenters. The molecule has 0 atom stereocenters. The summed E-state index contributed by atoms with van der Waals surface area (Å²) in [5, 5.41) is 0. The minimum absolute atomic E-state index is 0.0392. The van der Waals surface area contributed by atoms with E-state index in [0.29, 0.717) is 18.1 Å². The number of benzene rings is 2. The molecule has 1 saturated carbocycles. The highest BCUT2D eigenvalue weighted by Gasteiger charge is 2.22. The maximum Gasteiger partial charge on any atom is 0.201 e. The molecule has 0 amide bonds. The molecule has 0 heterocycles. The topological polar surface area (TPSA) is 18.5 Å². The highest BCUT2D eigenvalue weighted by molar-refractivity contribution is 5.41. The van der Waals surface area contributed by atoms with Crippen molar-refractivity contribution in [2.45, 2.75) is 45.1 Å². The quantitative estimate of drug-likeness (QED) is 0.573. The number of halogens is 3. The van der Waals surface area contributed by atoms with Gasteiger partial charge in [0, 0.05) is 18.1 Å². The van der Waals surface area contributed by atoms with Crippen LogP contribution in [-0.2, 0) is 11.3 Å². The fourth-order valence-corrected chi connectivity index (χ4v) is 3.68. The lowest BCUT2D eigenvalue weighted by atomic mass is 9.78. The van der Waals surface area contributed by atoms with E-state index in [1.807, 2.05) is 13.0 Å². The van der Waals surface area contributed by atoms with Crippen molar-refractivity contribution in [1.29, 1.82) is 0 Å². The average molecular weight is 402 g/mol. The van der Waals surface area contributed by atoms with Crippen LogP contribution >= 0.6 is 0 Å². The van der Waals surface area contributed by atoms with Crippen molar-refractivity contribution in [3.8, 4) is 17.6 Å². The summed E-state index contributed by atoms with van der Waals surface area (Å²) in [4.78, 5) is 0. The van der Waals surface area contributed by atoms with Crippen LogP contribution in [0.15, 0.2) is 30.3 Å². The molecular formula is C24H25F3O2. The highest BCUT2D eigenvalue weighted by Crippen LogP contribution is 2.36. The number of rotatable bonds is 5. The van der Waals surface area contributed by atoms with Gasteiger partial charge >= 0.3 is 0 Å². The maximum absolute atomic E-state index is 14.3. The zero-order chi connectivity index (χ0) is 20.8. The lowest BCUT2D eigenvalue weighted by molar-refractivity contribution is 0.131. The largest absolute Gasteiger partial charge is 0.494 e. The van der Waals surface area contributed by atoms with Crippen molar-refractivity contribution in [2.75, 3.05) is 13.7 Å². The maximum atomic E-state index is 14.3. The Balaban J connectivity index is 1.61. The third-order valence-electron chi connectivity index (χ3n) is 5.42. The zero-order valence-electron chi connectivity index (χ0n) is 16.7. The summed E-state index contributed by atoms with van der Waals surface area (Å²) in [6.07, 6.45) is 3.48. The fourth-order valence-electron chi connectivity index (χ4n) is 3.68. The predicted octanol–water partition coefficient (Wildman–Crippen LogP) is 5.97. The van der Waals surface area contributed by atoms with E-state index in [2.05, 4.69) is 11.8 Å². The molecule has 0 bridgehead atoms. The average Bonchev–Trinajstić information content (AvgIpc) is 2.74. The summed E-state index contributed by atoms with van der Waals surface area (Å²) in [6, 6.07) is 8.20. The molecule has 2 aromatic carbocycles. The van der Waals surface area contributed by atoms with Crippen LogP contribution in [0.4, 0.5) is 13.2 Å². The molecule has 5 heteroatoms. The standard InChI is InChI=1S/C24H25F3O2/c1-3-29-15-20-11-10-19(14-21(20)25)17-7-4-16(5-8-17)6-9-18-12-13-22(28-2)24(27)23(18)26/h10-14,16-17H,3-5,7-8,15H2,1-2H3. The van der Waals surface area contributed by atoms with E-state index in [9.17, 15) is 13.2 Å². The lowest BCUT2D eigenvalue weighted by Crippen LogP contribution is -2.12. The first kappa shape index (κ1) is 21.3. The van der Waals surface area contributed by atoms with E-state index >= 15 is 0 Å². The summed E-state index contributed by atoms with van der Waals surface area (Å²) in [6.45, 7) is 2.72.